The smallest absolute Gasteiger partial charge is 0.242 e. The van der Waals surface area contributed by atoms with Crippen LogP contribution in [-0.4, -0.2) is 33.3 Å². The number of benzene rings is 3. The van der Waals surface area contributed by atoms with E-state index in [1.165, 1.54) is 26.2 Å². The second-order valence-electron chi connectivity index (χ2n) is 7.62. The van der Waals surface area contributed by atoms with Gasteiger partial charge in [0.1, 0.15) is 11.8 Å². The number of hydrogen-bond donors (Lipinski definition) is 2. The molecule has 33 heavy (non-hydrogen) atoms. The van der Waals surface area contributed by atoms with Gasteiger partial charge in [-0.05, 0) is 61.7 Å². The van der Waals surface area contributed by atoms with Gasteiger partial charge < -0.3 is 10.1 Å². The van der Waals surface area contributed by atoms with Crippen LogP contribution in [0.2, 0.25) is 0 Å². The highest BCUT2D eigenvalue weighted by molar-refractivity contribution is 7.89. The van der Waals surface area contributed by atoms with Gasteiger partial charge in [0.15, 0.2) is 5.78 Å². The van der Waals surface area contributed by atoms with Gasteiger partial charge in [-0.15, -0.1) is 0 Å². The first-order valence-corrected chi connectivity index (χ1v) is 11.8. The lowest BCUT2D eigenvalue weighted by molar-refractivity contribution is -0.117. The molecule has 1 unspecified atom stereocenters. The number of carbonyl (C=O) groups excluding carboxylic acids is 2. The van der Waals surface area contributed by atoms with E-state index in [9.17, 15) is 18.0 Å². The van der Waals surface area contributed by atoms with Crippen molar-refractivity contribution in [2.24, 2.45) is 0 Å². The molecule has 0 radical (unpaired) electrons. The van der Waals surface area contributed by atoms with E-state index >= 15 is 0 Å². The van der Waals surface area contributed by atoms with Gasteiger partial charge in [-0.1, -0.05) is 42.5 Å². The molecule has 3 aromatic carbocycles. The summed E-state index contributed by atoms with van der Waals surface area (Å²) in [6.45, 7) is 3.18. The molecule has 0 spiro atoms. The first-order chi connectivity index (χ1) is 15.7. The lowest BCUT2D eigenvalue weighted by atomic mass is 10.1. The molecule has 0 aliphatic carbocycles. The van der Waals surface area contributed by atoms with Crippen LogP contribution in [0.1, 0.15) is 28.4 Å². The number of anilines is 1. The third-order valence-corrected chi connectivity index (χ3v) is 6.58. The number of sulfonamides is 1. The molecule has 1 amide bonds. The molecular weight excluding hydrogens is 440 g/mol. The Morgan fingerprint density at radius 2 is 1.70 bits per heavy atom. The van der Waals surface area contributed by atoms with Crippen LogP contribution in [0.3, 0.4) is 0 Å². The molecule has 7 nitrogen and oxygen atoms in total. The standard InChI is InChI=1S/C25H26N2O5S/c1-17-14-22(12-13-24(17)32-3)33(30,31)27-23(15-19-8-5-4-6-9-19)25(29)26-21-11-7-10-20(16-21)18(2)28/h4-14,16,23,27H,15H2,1-3H3,(H,26,29). The Bertz CT molecular complexity index is 1260. The van der Waals surface area contributed by atoms with Crippen molar-refractivity contribution in [2.75, 3.05) is 12.4 Å². The molecule has 0 heterocycles. The fourth-order valence-corrected chi connectivity index (χ4v) is 4.64. The average Bonchev–Trinajstić information content (AvgIpc) is 2.79. The van der Waals surface area contributed by atoms with Crippen LogP contribution in [0.15, 0.2) is 77.7 Å². The molecule has 0 aliphatic rings. The van der Waals surface area contributed by atoms with E-state index in [0.29, 0.717) is 22.6 Å². The number of methoxy groups -OCH3 is 1. The Balaban J connectivity index is 1.89. The normalized spacial score (nSPS) is 12.1. The number of Topliss-reactive ketones (excluding diaryl/α,β-unsaturated/α-hetero) is 1. The van der Waals surface area contributed by atoms with Gasteiger partial charge in [-0.25, -0.2) is 8.42 Å². The molecule has 8 heteroatoms. The SMILES string of the molecule is COc1ccc(S(=O)(=O)NC(Cc2ccccc2)C(=O)Nc2cccc(C(C)=O)c2)cc1C. The number of carbonyl (C=O) groups is 2. The first-order valence-electron chi connectivity index (χ1n) is 10.3. The van der Waals surface area contributed by atoms with Crippen molar-refractivity contribution in [1.29, 1.82) is 0 Å². The third-order valence-electron chi connectivity index (χ3n) is 5.11. The minimum absolute atomic E-state index is 0.0326. The molecule has 1 atom stereocenters. The Kier molecular flexibility index (Phi) is 7.63. The minimum atomic E-state index is -4.01. The number of ketones is 1. The van der Waals surface area contributed by atoms with Gasteiger partial charge in [0.2, 0.25) is 15.9 Å². The van der Waals surface area contributed by atoms with Crippen molar-refractivity contribution in [3.63, 3.8) is 0 Å². The zero-order valence-corrected chi connectivity index (χ0v) is 19.5. The molecule has 0 bridgehead atoms. The summed E-state index contributed by atoms with van der Waals surface area (Å²) >= 11 is 0. The maximum absolute atomic E-state index is 13.1. The summed E-state index contributed by atoms with van der Waals surface area (Å²) in [5, 5.41) is 2.72. The van der Waals surface area contributed by atoms with Crippen molar-refractivity contribution >= 4 is 27.4 Å². The van der Waals surface area contributed by atoms with Gasteiger partial charge >= 0.3 is 0 Å². The number of hydrogen-bond acceptors (Lipinski definition) is 5. The van der Waals surface area contributed by atoms with Crippen molar-refractivity contribution in [1.82, 2.24) is 4.72 Å². The number of ether oxygens (including phenoxy) is 1. The van der Waals surface area contributed by atoms with E-state index in [2.05, 4.69) is 10.0 Å². The zero-order chi connectivity index (χ0) is 24.0. The lowest BCUT2D eigenvalue weighted by Crippen LogP contribution is -2.45. The van der Waals surface area contributed by atoms with Crippen LogP contribution < -0.4 is 14.8 Å². The largest absolute Gasteiger partial charge is 0.496 e. The lowest BCUT2D eigenvalue weighted by Gasteiger charge is -2.19. The minimum Gasteiger partial charge on any atom is -0.496 e. The average molecular weight is 467 g/mol. The van der Waals surface area contributed by atoms with Crippen LogP contribution in [0.25, 0.3) is 0 Å². The molecule has 3 rings (SSSR count). The van der Waals surface area contributed by atoms with E-state index < -0.39 is 22.0 Å². The molecule has 0 aromatic heterocycles. The summed E-state index contributed by atoms with van der Waals surface area (Å²) in [5.74, 6) is -0.103. The van der Waals surface area contributed by atoms with Crippen LogP contribution in [0.5, 0.6) is 5.75 Å². The predicted molar refractivity (Wildman–Crippen MR) is 127 cm³/mol. The molecule has 0 saturated heterocycles. The van der Waals surface area contributed by atoms with Gasteiger partial charge in [0, 0.05) is 11.3 Å². The number of aryl methyl sites for hydroxylation is 1. The Hall–Kier alpha value is -3.49. The summed E-state index contributed by atoms with van der Waals surface area (Å²) in [4.78, 5) is 24.8. The van der Waals surface area contributed by atoms with Gasteiger partial charge in [-0.3, -0.25) is 9.59 Å². The van der Waals surface area contributed by atoms with E-state index in [1.54, 1.807) is 37.3 Å². The third kappa shape index (κ3) is 6.27. The predicted octanol–water partition coefficient (Wildman–Crippen LogP) is 3.73. The van der Waals surface area contributed by atoms with Crippen LogP contribution >= 0.6 is 0 Å². The Morgan fingerprint density at radius 3 is 2.33 bits per heavy atom. The maximum atomic E-state index is 13.1. The summed E-state index contributed by atoms with van der Waals surface area (Å²) in [6.07, 6.45) is 0.146. The Labute approximate surface area is 193 Å². The number of rotatable bonds is 9. The molecular formula is C25H26N2O5S. The van der Waals surface area contributed by atoms with Gasteiger partial charge in [0.25, 0.3) is 0 Å². The highest BCUT2D eigenvalue weighted by atomic mass is 32.2. The quantitative estimate of drug-likeness (QED) is 0.468. The highest BCUT2D eigenvalue weighted by Crippen LogP contribution is 2.22. The van der Waals surface area contributed by atoms with Crippen LogP contribution in [-0.2, 0) is 21.2 Å². The van der Waals surface area contributed by atoms with Crippen LogP contribution in [0, 0.1) is 6.92 Å². The van der Waals surface area contributed by atoms with E-state index in [1.807, 2.05) is 30.3 Å². The van der Waals surface area contributed by atoms with Crippen LogP contribution in [0.4, 0.5) is 5.69 Å². The maximum Gasteiger partial charge on any atom is 0.242 e. The van der Waals surface area contributed by atoms with Gasteiger partial charge in [-0.2, -0.15) is 4.72 Å². The molecule has 2 N–H and O–H groups in total. The summed E-state index contributed by atoms with van der Waals surface area (Å²) in [7, 11) is -2.50. The molecule has 172 valence electrons. The second kappa shape index (κ2) is 10.4. The van der Waals surface area contributed by atoms with E-state index in [4.69, 9.17) is 4.74 Å². The number of amides is 1. The van der Waals surface area contributed by atoms with Crippen molar-refractivity contribution < 1.29 is 22.7 Å². The van der Waals surface area contributed by atoms with Gasteiger partial charge in [0.05, 0.1) is 12.0 Å². The Morgan fingerprint density at radius 1 is 0.970 bits per heavy atom. The van der Waals surface area contributed by atoms with Crippen molar-refractivity contribution in [3.05, 3.63) is 89.5 Å². The van der Waals surface area contributed by atoms with E-state index in [-0.39, 0.29) is 17.1 Å². The highest BCUT2D eigenvalue weighted by Gasteiger charge is 2.27. The molecule has 3 aromatic rings. The fraction of sp³-hybridized carbons (Fsp3) is 0.200. The zero-order valence-electron chi connectivity index (χ0n) is 18.7. The fourth-order valence-electron chi connectivity index (χ4n) is 3.36. The molecule has 0 aliphatic heterocycles. The van der Waals surface area contributed by atoms with Crippen molar-refractivity contribution in [3.8, 4) is 5.75 Å². The number of nitrogens with one attached hydrogen (secondary N) is 2. The molecule has 0 fully saturated rings. The monoisotopic (exact) mass is 466 g/mol. The second-order valence-corrected chi connectivity index (χ2v) is 9.34. The summed E-state index contributed by atoms with van der Waals surface area (Å²) < 4.78 is 33.9. The summed E-state index contributed by atoms with van der Waals surface area (Å²) in [5.41, 5.74) is 2.31. The first kappa shape index (κ1) is 24.2. The van der Waals surface area contributed by atoms with E-state index in [0.717, 1.165) is 5.56 Å². The topological polar surface area (TPSA) is 102 Å². The summed E-state index contributed by atoms with van der Waals surface area (Å²) in [6, 6.07) is 19.1. The van der Waals surface area contributed by atoms with Crippen molar-refractivity contribution in [2.45, 2.75) is 31.2 Å². The molecule has 0 saturated carbocycles.